The van der Waals surface area contributed by atoms with Crippen molar-refractivity contribution in [1.29, 1.82) is 0 Å². The van der Waals surface area contributed by atoms with Gasteiger partial charge < -0.3 is 11.1 Å². The molecule has 2 rings (SSSR count). The summed E-state index contributed by atoms with van der Waals surface area (Å²) in [7, 11) is 0. The highest BCUT2D eigenvalue weighted by molar-refractivity contribution is 5.54. The van der Waals surface area contributed by atoms with Crippen molar-refractivity contribution in [2.24, 2.45) is 0 Å². The second-order valence-corrected chi connectivity index (χ2v) is 4.50. The number of rotatable bonds is 3. The summed E-state index contributed by atoms with van der Waals surface area (Å²) in [5.74, 6) is 1.20. The average Bonchev–Trinajstić information content (AvgIpc) is 2.32. The molecular weight excluding hydrogens is 224 g/mol. The van der Waals surface area contributed by atoms with Crippen LogP contribution in [-0.4, -0.2) is 9.97 Å². The van der Waals surface area contributed by atoms with E-state index in [1.165, 1.54) is 16.7 Å². The molecule has 4 nitrogen and oxygen atoms in total. The van der Waals surface area contributed by atoms with Gasteiger partial charge in [-0.05, 0) is 49.6 Å². The minimum absolute atomic E-state index is 0.499. The molecule has 0 bridgehead atoms. The van der Waals surface area contributed by atoms with Gasteiger partial charge in [-0.1, -0.05) is 6.07 Å². The number of aromatic nitrogens is 2. The fourth-order valence-corrected chi connectivity index (χ4v) is 1.83. The van der Waals surface area contributed by atoms with Gasteiger partial charge in [0.2, 0.25) is 0 Å². The molecule has 94 valence electrons. The van der Waals surface area contributed by atoms with Crippen LogP contribution in [0, 0.1) is 20.8 Å². The third kappa shape index (κ3) is 2.77. The molecule has 0 aliphatic heterocycles. The molecule has 0 aliphatic carbocycles. The monoisotopic (exact) mass is 242 g/mol. The zero-order chi connectivity index (χ0) is 13.1. The predicted molar refractivity (Wildman–Crippen MR) is 74.4 cm³/mol. The van der Waals surface area contributed by atoms with Gasteiger partial charge in [-0.2, -0.15) is 0 Å². The minimum Gasteiger partial charge on any atom is -0.384 e. The van der Waals surface area contributed by atoms with Crippen molar-refractivity contribution < 1.29 is 0 Å². The smallest absolute Gasteiger partial charge is 0.149 e. The lowest BCUT2D eigenvalue weighted by Crippen LogP contribution is -2.06. The van der Waals surface area contributed by atoms with Crippen molar-refractivity contribution in [1.82, 2.24) is 9.97 Å². The molecule has 0 saturated carbocycles. The van der Waals surface area contributed by atoms with E-state index >= 15 is 0 Å². The Balaban J connectivity index is 2.13. The van der Waals surface area contributed by atoms with E-state index in [0.717, 1.165) is 5.69 Å². The Bertz CT molecular complexity index is 564. The molecule has 1 aromatic carbocycles. The molecule has 0 unspecified atom stereocenters. The van der Waals surface area contributed by atoms with E-state index in [0.29, 0.717) is 18.2 Å². The number of nitrogens with zero attached hydrogens (tertiary/aromatic N) is 2. The number of nitrogen functional groups attached to an aromatic ring is 1. The number of hydrogen-bond donors (Lipinski definition) is 2. The summed E-state index contributed by atoms with van der Waals surface area (Å²) >= 11 is 0. The molecule has 0 spiro atoms. The van der Waals surface area contributed by atoms with Crippen LogP contribution in [0.3, 0.4) is 0 Å². The first-order valence-electron chi connectivity index (χ1n) is 5.95. The maximum Gasteiger partial charge on any atom is 0.149 e. The van der Waals surface area contributed by atoms with Gasteiger partial charge in [0.1, 0.15) is 11.6 Å². The van der Waals surface area contributed by atoms with Crippen molar-refractivity contribution in [3.8, 4) is 0 Å². The second kappa shape index (κ2) is 5.04. The normalized spacial score (nSPS) is 10.4. The van der Waals surface area contributed by atoms with Crippen LogP contribution in [0.5, 0.6) is 0 Å². The maximum atomic E-state index is 5.62. The lowest BCUT2D eigenvalue weighted by molar-refractivity contribution is 0.952. The van der Waals surface area contributed by atoms with Crippen LogP contribution in [-0.2, 0) is 6.54 Å². The van der Waals surface area contributed by atoms with Gasteiger partial charge in [0.05, 0.1) is 6.54 Å². The Kier molecular flexibility index (Phi) is 3.46. The summed E-state index contributed by atoms with van der Waals surface area (Å²) in [5, 5.41) is 3.34. The van der Waals surface area contributed by atoms with Gasteiger partial charge in [0.15, 0.2) is 0 Å². The van der Waals surface area contributed by atoms with Crippen LogP contribution in [0.1, 0.15) is 22.5 Å². The summed E-state index contributed by atoms with van der Waals surface area (Å²) in [6.45, 7) is 6.90. The second-order valence-electron chi connectivity index (χ2n) is 4.50. The molecule has 2 aromatic rings. The Morgan fingerprint density at radius 2 is 1.83 bits per heavy atom. The first kappa shape index (κ1) is 12.4. The lowest BCUT2D eigenvalue weighted by Gasteiger charge is -2.11. The first-order valence-corrected chi connectivity index (χ1v) is 5.95. The summed E-state index contributed by atoms with van der Waals surface area (Å²) in [6.07, 6.45) is 1.67. The average molecular weight is 242 g/mol. The van der Waals surface area contributed by atoms with E-state index in [1.54, 1.807) is 12.3 Å². The largest absolute Gasteiger partial charge is 0.384 e. The zero-order valence-corrected chi connectivity index (χ0v) is 11.0. The number of aryl methyl sites for hydroxylation is 3. The molecule has 3 N–H and O–H groups in total. The lowest BCUT2D eigenvalue weighted by atomic mass is 10.1. The topological polar surface area (TPSA) is 63.8 Å². The molecule has 0 atom stereocenters. The Labute approximate surface area is 107 Å². The summed E-state index contributed by atoms with van der Waals surface area (Å²) < 4.78 is 0. The number of hydrogen-bond acceptors (Lipinski definition) is 4. The third-order valence-corrected chi connectivity index (χ3v) is 3.00. The molecule has 1 aromatic heterocycles. The third-order valence-electron chi connectivity index (χ3n) is 3.00. The molecule has 0 fully saturated rings. The molecule has 1 heterocycles. The minimum atomic E-state index is 0.499. The molecule has 18 heavy (non-hydrogen) atoms. The Hall–Kier alpha value is -2.10. The number of benzene rings is 1. The number of nitrogens with one attached hydrogen (secondary N) is 1. The van der Waals surface area contributed by atoms with E-state index in [-0.39, 0.29) is 0 Å². The van der Waals surface area contributed by atoms with E-state index < -0.39 is 0 Å². The van der Waals surface area contributed by atoms with Gasteiger partial charge in [-0.3, -0.25) is 0 Å². The van der Waals surface area contributed by atoms with Crippen molar-refractivity contribution in [2.45, 2.75) is 27.3 Å². The standard InChI is InChI=1S/C14H18N4/c1-9-6-11(3)12(7-10(9)2)17-8-14-16-5-4-13(15)18-14/h4-7,17H,8H2,1-3H3,(H2,15,16,18). The van der Waals surface area contributed by atoms with Gasteiger partial charge >= 0.3 is 0 Å². The summed E-state index contributed by atoms with van der Waals surface area (Å²) in [4.78, 5) is 8.33. The molecule has 0 amide bonds. The highest BCUT2D eigenvalue weighted by Gasteiger charge is 2.03. The van der Waals surface area contributed by atoms with Crippen molar-refractivity contribution in [3.63, 3.8) is 0 Å². The Morgan fingerprint density at radius 1 is 1.11 bits per heavy atom. The molecule has 0 radical (unpaired) electrons. The van der Waals surface area contributed by atoms with Gasteiger partial charge in [0.25, 0.3) is 0 Å². The van der Waals surface area contributed by atoms with Crippen LogP contribution in [0.15, 0.2) is 24.4 Å². The molecule has 4 heteroatoms. The van der Waals surface area contributed by atoms with E-state index in [2.05, 4.69) is 48.2 Å². The van der Waals surface area contributed by atoms with Crippen LogP contribution in [0.4, 0.5) is 11.5 Å². The molecule has 0 saturated heterocycles. The SMILES string of the molecule is Cc1cc(C)c(NCc2nccc(N)n2)cc1C. The van der Waals surface area contributed by atoms with Crippen LogP contribution in [0.2, 0.25) is 0 Å². The van der Waals surface area contributed by atoms with Gasteiger partial charge in [0, 0.05) is 11.9 Å². The van der Waals surface area contributed by atoms with E-state index in [4.69, 9.17) is 5.73 Å². The number of anilines is 2. The molecular formula is C14H18N4. The van der Waals surface area contributed by atoms with Gasteiger partial charge in [-0.25, -0.2) is 9.97 Å². The number of nitrogens with two attached hydrogens (primary N) is 1. The quantitative estimate of drug-likeness (QED) is 0.868. The van der Waals surface area contributed by atoms with Crippen molar-refractivity contribution >= 4 is 11.5 Å². The fraction of sp³-hybridized carbons (Fsp3) is 0.286. The maximum absolute atomic E-state index is 5.62. The van der Waals surface area contributed by atoms with Crippen molar-refractivity contribution in [3.05, 3.63) is 46.9 Å². The highest BCUT2D eigenvalue weighted by Crippen LogP contribution is 2.20. The fourth-order valence-electron chi connectivity index (χ4n) is 1.83. The van der Waals surface area contributed by atoms with E-state index in [9.17, 15) is 0 Å². The van der Waals surface area contributed by atoms with Crippen molar-refractivity contribution in [2.75, 3.05) is 11.1 Å². The van der Waals surface area contributed by atoms with E-state index in [1.807, 2.05) is 0 Å². The van der Waals surface area contributed by atoms with Crippen LogP contribution in [0.25, 0.3) is 0 Å². The Morgan fingerprint density at radius 3 is 2.56 bits per heavy atom. The van der Waals surface area contributed by atoms with Gasteiger partial charge in [-0.15, -0.1) is 0 Å². The van der Waals surface area contributed by atoms with Crippen LogP contribution >= 0.6 is 0 Å². The first-order chi connectivity index (χ1) is 8.56. The summed E-state index contributed by atoms with van der Waals surface area (Å²) in [6, 6.07) is 6.01. The van der Waals surface area contributed by atoms with Crippen LogP contribution < -0.4 is 11.1 Å². The summed E-state index contributed by atoms with van der Waals surface area (Å²) in [5.41, 5.74) is 10.5. The zero-order valence-electron chi connectivity index (χ0n) is 11.0. The predicted octanol–water partition coefficient (Wildman–Crippen LogP) is 2.60. The highest BCUT2D eigenvalue weighted by atomic mass is 15.0. The molecule has 0 aliphatic rings.